The molecule has 0 spiro atoms. The maximum Gasteiger partial charge on any atom is 0.335 e. The predicted octanol–water partition coefficient (Wildman–Crippen LogP) is 0.660. The second-order valence-corrected chi connectivity index (χ2v) is 6.44. The molecule has 1 aromatic rings. The maximum atomic E-state index is 12.3. The summed E-state index contributed by atoms with van der Waals surface area (Å²) in [5.41, 5.74) is 0.178. The molecule has 2 N–H and O–H groups in total. The Kier molecular flexibility index (Phi) is 5.72. The van der Waals surface area contributed by atoms with Crippen molar-refractivity contribution < 1.29 is 29.0 Å². The molecular weight excluding hydrogens is 340 g/mol. The zero-order valence-electron chi connectivity index (χ0n) is 14.3. The van der Waals surface area contributed by atoms with Gasteiger partial charge in [0.2, 0.25) is 11.8 Å². The van der Waals surface area contributed by atoms with Gasteiger partial charge in [-0.1, -0.05) is 0 Å². The van der Waals surface area contributed by atoms with Crippen molar-refractivity contribution in [3.63, 3.8) is 0 Å². The second-order valence-electron chi connectivity index (χ2n) is 6.44. The van der Waals surface area contributed by atoms with Gasteiger partial charge in [-0.15, -0.1) is 0 Å². The fourth-order valence-electron chi connectivity index (χ4n) is 3.14. The van der Waals surface area contributed by atoms with E-state index in [9.17, 15) is 14.4 Å². The number of aromatic carboxylic acids is 1. The first-order valence-corrected chi connectivity index (χ1v) is 8.68. The van der Waals surface area contributed by atoms with Crippen LogP contribution in [0.25, 0.3) is 0 Å². The third-order valence-electron chi connectivity index (χ3n) is 4.55. The molecular formula is C18H22N2O6. The van der Waals surface area contributed by atoms with Gasteiger partial charge in [-0.3, -0.25) is 9.59 Å². The Morgan fingerprint density at radius 2 is 2.08 bits per heavy atom. The molecule has 3 rings (SSSR count). The lowest BCUT2D eigenvalue weighted by Gasteiger charge is -2.32. The van der Waals surface area contributed by atoms with Crippen molar-refractivity contribution in [3.8, 4) is 5.75 Å². The van der Waals surface area contributed by atoms with Gasteiger partial charge in [0.05, 0.1) is 24.8 Å². The average Bonchev–Trinajstić information content (AvgIpc) is 3.02. The number of ether oxygens (including phenoxy) is 2. The van der Waals surface area contributed by atoms with Crippen molar-refractivity contribution in [3.05, 3.63) is 29.8 Å². The summed E-state index contributed by atoms with van der Waals surface area (Å²) in [7, 11) is 0. The number of carbonyl (C=O) groups is 3. The molecule has 2 saturated heterocycles. The van der Waals surface area contributed by atoms with E-state index < -0.39 is 5.97 Å². The Labute approximate surface area is 151 Å². The fraction of sp³-hybridized carbons (Fsp3) is 0.500. The third-order valence-corrected chi connectivity index (χ3v) is 4.55. The summed E-state index contributed by atoms with van der Waals surface area (Å²) in [5, 5.41) is 11.9. The van der Waals surface area contributed by atoms with Crippen molar-refractivity contribution in [2.75, 3.05) is 26.3 Å². The molecule has 26 heavy (non-hydrogen) atoms. The molecule has 2 amide bonds. The van der Waals surface area contributed by atoms with Gasteiger partial charge in [0.25, 0.3) is 0 Å². The van der Waals surface area contributed by atoms with Crippen LogP contribution in [0.15, 0.2) is 24.3 Å². The lowest BCUT2D eigenvalue weighted by atomic mass is 10.1. The number of likely N-dealkylation sites (tertiary alicyclic amines) is 1. The summed E-state index contributed by atoms with van der Waals surface area (Å²) < 4.78 is 11.3. The molecule has 2 atom stereocenters. The van der Waals surface area contributed by atoms with Crippen molar-refractivity contribution in [1.29, 1.82) is 0 Å². The molecule has 2 heterocycles. The summed E-state index contributed by atoms with van der Waals surface area (Å²) in [4.78, 5) is 36.4. The Hall–Kier alpha value is -2.61. The lowest BCUT2D eigenvalue weighted by molar-refractivity contribution is -0.134. The standard InChI is InChI=1S/C18H22N2O6/c21-16(10-20-8-1-2-17(20)22)19-14-7-9-25-11-15(14)26-13-5-3-12(4-6-13)18(23)24/h3-6,14-15H,1-2,7-11H2,(H,19,21)(H,23,24)/t14-,15-/m1/s1. The number of nitrogens with one attached hydrogen (secondary N) is 1. The smallest absolute Gasteiger partial charge is 0.335 e. The highest BCUT2D eigenvalue weighted by Crippen LogP contribution is 2.19. The van der Waals surface area contributed by atoms with Gasteiger partial charge >= 0.3 is 5.97 Å². The van der Waals surface area contributed by atoms with Crippen molar-refractivity contribution in [1.82, 2.24) is 10.2 Å². The third kappa shape index (κ3) is 4.51. The lowest BCUT2D eigenvalue weighted by Crippen LogP contribution is -2.53. The Bertz CT molecular complexity index is 675. The van der Waals surface area contributed by atoms with Crippen LogP contribution in [0.1, 0.15) is 29.6 Å². The Balaban J connectivity index is 1.57. The van der Waals surface area contributed by atoms with E-state index in [0.29, 0.717) is 38.3 Å². The second kappa shape index (κ2) is 8.18. The SMILES string of the molecule is O=C(CN1CCCC1=O)N[C@@H]1CCOC[C@H]1Oc1ccc(C(=O)O)cc1. The van der Waals surface area contributed by atoms with Crippen LogP contribution in [0.4, 0.5) is 0 Å². The fourth-order valence-corrected chi connectivity index (χ4v) is 3.14. The first kappa shape index (κ1) is 18.2. The molecule has 0 aromatic heterocycles. The minimum absolute atomic E-state index is 0.0125. The van der Waals surface area contributed by atoms with Crippen LogP contribution in [0.2, 0.25) is 0 Å². The monoisotopic (exact) mass is 362 g/mol. The number of benzene rings is 1. The molecule has 0 aliphatic carbocycles. The number of carbonyl (C=O) groups excluding carboxylic acids is 2. The summed E-state index contributed by atoms with van der Waals surface area (Å²) in [5.74, 6) is -0.681. The van der Waals surface area contributed by atoms with Crippen LogP contribution in [0.5, 0.6) is 5.75 Å². The number of hydrogen-bond donors (Lipinski definition) is 2. The van der Waals surface area contributed by atoms with Gasteiger partial charge in [-0.2, -0.15) is 0 Å². The van der Waals surface area contributed by atoms with E-state index in [-0.39, 0.29) is 36.1 Å². The predicted molar refractivity (Wildman–Crippen MR) is 91.0 cm³/mol. The first-order valence-electron chi connectivity index (χ1n) is 8.68. The molecule has 8 heteroatoms. The van der Waals surface area contributed by atoms with Crippen LogP contribution in [0, 0.1) is 0 Å². The summed E-state index contributed by atoms with van der Waals surface area (Å²) >= 11 is 0. The number of hydrogen-bond acceptors (Lipinski definition) is 5. The highest BCUT2D eigenvalue weighted by molar-refractivity contribution is 5.87. The zero-order valence-corrected chi connectivity index (χ0v) is 14.3. The molecule has 140 valence electrons. The number of nitrogens with zero attached hydrogens (tertiary/aromatic N) is 1. The van der Waals surface area contributed by atoms with E-state index in [0.717, 1.165) is 6.42 Å². The highest BCUT2D eigenvalue weighted by atomic mass is 16.5. The molecule has 8 nitrogen and oxygen atoms in total. The molecule has 2 aliphatic heterocycles. The molecule has 2 aliphatic rings. The summed E-state index contributed by atoms with van der Waals surface area (Å²) in [6, 6.07) is 5.87. The molecule has 1 aromatic carbocycles. The Morgan fingerprint density at radius 1 is 1.31 bits per heavy atom. The average molecular weight is 362 g/mol. The Morgan fingerprint density at radius 3 is 2.73 bits per heavy atom. The minimum atomic E-state index is -1.00. The molecule has 0 bridgehead atoms. The van der Waals surface area contributed by atoms with Crippen molar-refractivity contribution >= 4 is 17.8 Å². The van der Waals surface area contributed by atoms with E-state index in [4.69, 9.17) is 14.6 Å². The normalized spacial score (nSPS) is 22.9. The van der Waals surface area contributed by atoms with Gasteiger partial charge in [-0.25, -0.2) is 4.79 Å². The van der Waals surface area contributed by atoms with Gasteiger partial charge in [0.1, 0.15) is 11.9 Å². The van der Waals surface area contributed by atoms with Crippen LogP contribution in [-0.4, -0.2) is 66.2 Å². The molecule has 2 fully saturated rings. The van der Waals surface area contributed by atoms with E-state index in [1.165, 1.54) is 12.1 Å². The van der Waals surface area contributed by atoms with Gasteiger partial charge in [0, 0.05) is 19.6 Å². The zero-order chi connectivity index (χ0) is 18.5. The topological polar surface area (TPSA) is 105 Å². The minimum Gasteiger partial charge on any atom is -0.486 e. The molecule has 0 saturated carbocycles. The molecule has 0 unspecified atom stereocenters. The molecule has 0 radical (unpaired) electrons. The van der Waals surface area contributed by atoms with E-state index in [2.05, 4.69) is 5.32 Å². The van der Waals surface area contributed by atoms with Crippen molar-refractivity contribution in [2.24, 2.45) is 0 Å². The van der Waals surface area contributed by atoms with E-state index >= 15 is 0 Å². The number of rotatable bonds is 6. The van der Waals surface area contributed by atoms with E-state index in [1.807, 2.05) is 0 Å². The quantitative estimate of drug-likeness (QED) is 0.770. The van der Waals surface area contributed by atoms with Crippen LogP contribution < -0.4 is 10.1 Å². The first-order chi connectivity index (χ1) is 12.5. The number of carboxylic acid groups (broad SMARTS) is 1. The van der Waals surface area contributed by atoms with E-state index in [1.54, 1.807) is 17.0 Å². The summed E-state index contributed by atoms with van der Waals surface area (Å²) in [6.45, 7) is 1.53. The van der Waals surface area contributed by atoms with Gasteiger partial charge in [0.15, 0.2) is 0 Å². The van der Waals surface area contributed by atoms with Crippen LogP contribution in [-0.2, 0) is 14.3 Å². The van der Waals surface area contributed by atoms with Crippen LogP contribution >= 0.6 is 0 Å². The maximum absolute atomic E-state index is 12.3. The highest BCUT2D eigenvalue weighted by Gasteiger charge is 2.30. The summed E-state index contributed by atoms with van der Waals surface area (Å²) in [6.07, 6.45) is 1.53. The largest absolute Gasteiger partial charge is 0.486 e. The van der Waals surface area contributed by atoms with Crippen molar-refractivity contribution in [2.45, 2.75) is 31.4 Å². The number of carboxylic acids is 1. The van der Waals surface area contributed by atoms with Crippen LogP contribution in [0.3, 0.4) is 0 Å². The van der Waals surface area contributed by atoms with Gasteiger partial charge < -0.3 is 24.8 Å². The number of amides is 2. The van der Waals surface area contributed by atoms with Gasteiger partial charge in [-0.05, 0) is 37.1 Å².